The molecule has 15 heteroatoms. The van der Waals surface area contributed by atoms with Gasteiger partial charge in [0.05, 0.1) is 16.9 Å². The molecule has 5 rings (SSSR count). The van der Waals surface area contributed by atoms with Crippen LogP contribution in [0.3, 0.4) is 0 Å². The molecule has 0 saturated carbocycles. The molecule has 204 valence electrons. The lowest BCUT2D eigenvalue weighted by atomic mass is 9.77. The summed E-state index contributed by atoms with van der Waals surface area (Å²) in [5, 5.41) is 2.70. The van der Waals surface area contributed by atoms with Gasteiger partial charge in [0.2, 0.25) is 0 Å². The number of nitrogens with two attached hydrogens (primary N) is 2. The van der Waals surface area contributed by atoms with Gasteiger partial charge in [-0.3, -0.25) is 13.9 Å². The summed E-state index contributed by atoms with van der Waals surface area (Å²) in [4.78, 5) is 24.0. The molecule has 0 atom stereocenters. The molecule has 1 spiro atoms. The van der Waals surface area contributed by atoms with Gasteiger partial charge in [0, 0.05) is 28.3 Å². The van der Waals surface area contributed by atoms with E-state index in [1.54, 1.807) is 13.8 Å². The third-order valence-corrected chi connectivity index (χ3v) is 8.18. The summed E-state index contributed by atoms with van der Waals surface area (Å²) in [5.74, 6) is -2.71. The Balaban J connectivity index is 1.91. The van der Waals surface area contributed by atoms with E-state index in [1.165, 1.54) is 30.3 Å². The Kier molecular flexibility index (Phi) is 5.70. The highest BCUT2D eigenvalue weighted by Gasteiger charge is 2.56. The second-order valence-corrected chi connectivity index (χ2v) is 11.9. The standard InChI is InChI=1S/C24H21N3O10S2/c1-10(2)27-22(28)11-3-4-13-12(9-11)23(29)37-24(13)14-5-7-16(25)20(38(30,31)32)18(14)36-19-15(24)6-8-17(26)21(19)39(33,34)35/h3-10H,25-26H2,1-2H3,(H,27,28)(H,30,31,32)(H,33,34,35). The van der Waals surface area contributed by atoms with Crippen LogP contribution in [0.1, 0.15) is 51.3 Å². The van der Waals surface area contributed by atoms with E-state index >= 15 is 0 Å². The van der Waals surface area contributed by atoms with Gasteiger partial charge in [-0.2, -0.15) is 16.8 Å². The minimum atomic E-state index is -5.09. The van der Waals surface area contributed by atoms with Crippen LogP contribution in [-0.4, -0.2) is 43.9 Å². The number of amides is 1. The summed E-state index contributed by atoms with van der Waals surface area (Å²) in [7, 11) is -10.2. The van der Waals surface area contributed by atoms with Gasteiger partial charge in [-0.05, 0) is 50.2 Å². The van der Waals surface area contributed by atoms with Gasteiger partial charge in [-0.25, -0.2) is 4.79 Å². The lowest BCUT2D eigenvalue weighted by Gasteiger charge is -2.37. The van der Waals surface area contributed by atoms with Crippen LogP contribution in [0.15, 0.2) is 52.3 Å². The van der Waals surface area contributed by atoms with E-state index in [0.717, 1.165) is 12.1 Å². The van der Waals surface area contributed by atoms with Crippen LogP contribution in [0.25, 0.3) is 0 Å². The number of rotatable bonds is 4. The normalized spacial score (nSPS) is 15.3. The van der Waals surface area contributed by atoms with Crippen LogP contribution in [0.5, 0.6) is 11.5 Å². The maximum absolute atomic E-state index is 13.3. The molecule has 0 aliphatic carbocycles. The molecule has 0 fully saturated rings. The summed E-state index contributed by atoms with van der Waals surface area (Å²) in [6, 6.07) is 8.71. The van der Waals surface area contributed by atoms with Gasteiger partial charge in [0.1, 0.15) is 0 Å². The van der Waals surface area contributed by atoms with E-state index in [2.05, 4.69) is 5.32 Å². The molecule has 2 heterocycles. The largest absolute Gasteiger partial charge is 0.453 e. The lowest BCUT2D eigenvalue weighted by molar-refractivity contribution is 0.0221. The number of nitrogens with one attached hydrogen (secondary N) is 1. The average molecular weight is 576 g/mol. The highest BCUT2D eigenvalue weighted by molar-refractivity contribution is 7.86. The van der Waals surface area contributed by atoms with Crippen molar-refractivity contribution in [1.29, 1.82) is 0 Å². The molecule has 1 amide bonds. The molecule has 3 aromatic rings. The van der Waals surface area contributed by atoms with Crippen molar-refractivity contribution in [3.63, 3.8) is 0 Å². The van der Waals surface area contributed by atoms with Crippen LogP contribution in [0.4, 0.5) is 11.4 Å². The highest BCUT2D eigenvalue weighted by Crippen LogP contribution is 2.59. The van der Waals surface area contributed by atoms with E-state index in [0.29, 0.717) is 0 Å². The number of esters is 1. The summed E-state index contributed by atoms with van der Waals surface area (Å²) < 4.78 is 80.9. The number of fused-ring (bicyclic) bond motifs is 6. The Morgan fingerprint density at radius 3 is 1.82 bits per heavy atom. The van der Waals surface area contributed by atoms with Gasteiger partial charge in [-0.15, -0.1) is 0 Å². The molecule has 7 N–H and O–H groups in total. The quantitative estimate of drug-likeness (QED) is 0.171. The molecule has 0 radical (unpaired) electrons. The van der Waals surface area contributed by atoms with Crippen LogP contribution in [0, 0.1) is 0 Å². The number of carbonyl (C=O) groups is 2. The number of hydrogen-bond donors (Lipinski definition) is 5. The van der Waals surface area contributed by atoms with Crippen molar-refractivity contribution in [3.05, 3.63) is 70.3 Å². The third kappa shape index (κ3) is 3.89. The van der Waals surface area contributed by atoms with Crippen LogP contribution in [-0.2, 0) is 30.6 Å². The molecule has 2 aliphatic heterocycles. The Bertz CT molecular complexity index is 1750. The Morgan fingerprint density at radius 2 is 1.36 bits per heavy atom. The number of nitrogen functional groups attached to an aromatic ring is 2. The fourth-order valence-corrected chi connectivity index (χ4v) is 6.35. The maximum Gasteiger partial charge on any atom is 0.340 e. The average Bonchev–Trinajstić information content (AvgIpc) is 3.08. The van der Waals surface area contributed by atoms with Gasteiger partial charge in [0.25, 0.3) is 26.1 Å². The van der Waals surface area contributed by atoms with Gasteiger partial charge in [-0.1, -0.05) is 6.07 Å². The Hall–Kier alpha value is -4.18. The Morgan fingerprint density at radius 1 is 0.872 bits per heavy atom. The Labute approximate surface area is 222 Å². The van der Waals surface area contributed by atoms with Crippen molar-refractivity contribution in [1.82, 2.24) is 5.32 Å². The molecular weight excluding hydrogens is 554 g/mol. The minimum Gasteiger partial charge on any atom is -0.453 e. The van der Waals surface area contributed by atoms with Crippen LogP contribution < -0.4 is 21.5 Å². The topological polar surface area (TPSA) is 225 Å². The highest BCUT2D eigenvalue weighted by atomic mass is 32.2. The molecular formula is C24H21N3O10S2. The summed E-state index contributed by atoms with van der Waals surface area (Å²) in [6.07, 6.45) is 0. The molecule has 13 nitrogen and oxygen atoms in total. The number of ether oxygens (including phenoxy) is 2. The first-order valence-electron chi connectivity index (χ1n) is 11.2. The van der Waals surface area contributed by atoms with Crippen molar-refractivity contribution in [3.8, 4) is 11.5 Å². The summed E-state index contributed by atoms with van der Waals surface area (Å²) in [5.41, 5.74) is 8.58. The zero-order valence-corrected chi connectivity index (χ0v) is 21.9. The summed E-state index contributed by atoms with van der Waals surface area (Å²) in [6.45, 7) is 3.50. The second-order valence-electron chi connectivity index (χ2n) is 9.23. The van der Waals surface area contributed by atoms with Crippen molar-refractivity contribution >= 4 is 43.5 Å². The van der Waals surface area contributed by atoms with Crippen molar-refractivity contribution in [2.24, 2.45) is 0 Å². The van der Waals surface area contributed by atoms with E-state index in [9.17, 15) is 35.5 Å². The third-order valence-electron chi connectivity index (χ3n) is 6.31. The number of hydrogen-bond acceptors (Lipinski definition) is 10. The molecule has 2 aliphatic rings. The van der Waals surface area contributed by atoms with E-state index in [1.807, 2.05) is 0 Å². The fraction of sp³-hybridized carbons (Fsp3) is 0.167. The lowest BCUT2D eigenvalue weighted by Crippen LogP contribution is -2.34. The monoisotopic (exact) mass is 575 g/mol. The van der Waals surface area contributed by atoms with Crippen LogP contribution >= 0.6 is 0 Å². The predicted molar refractivity (Wildman–Crippen MR) is 136 cm³/mol. The van der Waals surface area contributed by atoms with Crippen molar-refractivity contribution in [2.75, 3.05) is 11.5 Å². The number of anilines is 2. The first-order valence-corrected chi connectivity index (χ1v) is 14.1. The fourth-order valence-electron chi connectivity index (χ4n) is 4.85. The van der Waals surface area contributed by atoms with Gasteiger partial charge < -0.3 is 26.3 Å². The first kappa shape index (κ1) is 26.4. The molecule has 39 heavy (non-hydrogen) atoms. The predicted octanol–water partition coefficient (Wildman–Crippen LogP) is 2.05. The number of carbonyl (C=O) groups excluding carboxylic acids is 2. The SMILES string of the molecule is CC(C)NC(=O)c1ccc2c(c1)C(=O)OC21c2ccc(N)c(S(=O)(=O)O)c2Oc2c1ccc(N)c2S(=O)(=O)O. The van der Waals surface area contributed by atoms with Crippen molar-refractivity contribution in [2.45, 2.75) is 35.3 Å². The van der Waals surface area contributed by atoms with E-state index in [4.69, 9.17) is 20.9 Å². The van der Waals surface area contributed by atoms with E-state index in [-0.39, 0.29) is 33.9 Å². The minimum absolute atomic E-state index is 0.0827. The maximum atomic E-state index is 13.3. The zero-order chi connectivity index (χ0) is 28.7. The first-order chi connectivity index (χ1) is 18.1. The zero-order valence-electron chi connectivity index (χ0n) is 20.3. The molecule has 0 bridgehead atoms. The molecule has 0 unspecified atom stereocenters. The summed E-state index contributed by atoms with van der Waals surface area (Å²) >= 11 is 0. The molecule has 3 aromatic carbocycles. The smallest absolute Gasteiger partial charge is 0.340 e. The molecule has 0 aromatic heterocycles. The van der Waals surface area contributed by atoms with Crippen molar-refractivity contribution < 1.29 is 45.0 Å². The van der Waals surface area contributed by atoms with Gasteiger partial charge in [0.15, 0.2) is 26.9 Å². The van der Waals surface area contributed by atoms with Gasteiger partial charge >= 0.3 is 5.97 Å². The number of benzene rings is 3. The van der Waals surface area contributed by atoms with Crippen LogP contribution in [0.2, 0.25) is 0 Å². The van der Waals surface area contributed by atoms with E-state index < -0.39 is 70.4 Å². The second kappa shape index (κ2) is 8.41. The molecule has 0 saturated heterocycles.